The monoisotopic (exact) mass is 1040 g/mol. The van der Waals surface area contributed by atoms with Crippen LogP contribution < -0.4 is 0 Å². The van der Waals surface area contributed by atoms with Crippen LogP contribution in [-0.4, -0.2) is 19.6 Å². The van der Waals surface area contributed by atoms with Crippen LogP contribution in [0.5, 0.6) is 5.75 Å². The Kier molecular flexibility index (Phi) is 6.24. The maximum Gasteiger partial charge on any atom is 0.148 e. The average molecular weight is 1040 g/mol. The molecule has 0 radical (unpaired) electrons. The summed E-state index contributed by atoms with van der Waals surface area (Å²) in [5, 5.41) is 13.1. The summed E-state index contributed by atoms with van der Waals surface area (Å²) in [5.74, 6) is -3.28. The fourth-order valence-electron chi connectivity index (χ4n) is 7.42. The van der Waals surface area contributed by atoms with Crippen LogP contribution in [0.25, 0.3) is 72.7 Å². The number of fused-ring (bicyclic) bond motifs is 1. The third-order valence-electron chi connectivity index (χ3n) is 10.7. The molecule has 0 aliphatic rings. The van der Waals surface area contributed by atoms with Crippen molar-refractivity contribution in [3.8, 4) is 67.5 Å². The summed E-state index contributed by atoms with van der Waals surface area (Å²) >= 11 is 0. The first-order chi connectivity index (χ1) is 40.0. The third-order valence-corrected chi connectivity index (χ3v) is 10.7. The minimum Gasteiger partial charge on any atom is -0.507 e. The Morgan fingerprint density at radius 3 is 2.08 bits per heavy atom. The van der Waals surface area contributed by atoms with E-state index in [0.717, 1.165) is 0 Å². The number of phenolic OH excluding ortho intramolecular Hbond substituents is 1. The molecule has 0 aliphatic heterocycles. The fraction of sp³-hybridized carbons (Fsp3) is 0.276. The second-order valence-corrected chi connectivity index (χ2v) is 16.6. The Morgan fingerprint density at radius 2 is 1.40 bits per heavy atom. The summed E-state index contributed by atoms with van der Waals surface area (Å²) in [5.41, 5.74) is -10.4. The van der Waals surface area contributed by atoms with E-state index in [-0.39, 0.29) is 77.4 Å². The van der Waals surface area contributed by atoms with E-state index in [1.165, 1.54) is 22.9 Å². The van der Waals surface area contributed by atoms with E-state index in [9.17, 15) is 5.11 Å². The molecular formula is C58H60N3OPt-. The van der Waals surface area contributed by atoms with Crippen molar-refractivity contribution in [2.24, 2.45) is 0 Å². The van der Waals surface area contributed by atoms with E-state index in [1.54, 1.807) is 92.7 Å². The largest absolute Gasteiger partial charge is 0.507 e. The first kappa shape index (κ1) is 22.9. The van der Waals surface area contributed by atoms with E-state index in [0.29, 0.717) is 28.3 Å². The van der Waals surface area contributed by atoms with Crippen LogP contribution in [0.1, 0.15) is 145 Å². The second kappa shape index (κ2) is 17.2. The number of pyridine rings is 1. The quantitative estimate of drug-likeness (QED) is 0.162. The minimum absolute atomic E-state index is 0. The van der Waals surface area contributed by atoms with Crippen molar-refractivity contribution >= 4 is 11.0 Å². The Bertz CT molecular complexity index is 3920. The number of aromatic hydroxyl groups is 1. The molecule has 0 saturated carbocycles. The number of nitrogens with zero attached hydrogens (tertiary/aromatic N) is 3. The van der Waals surface area contributed by atoms with Crippen molar-refractivity contribution in [1.82, 2.24) is 14.5 Å². The SMILES string of the molecule is [2H]c1c([2H])c(C([2H])([2H])[2H])c([2H])c([2H])c1-c1ccnc(-c2[c-]c(-c3cccc4c3nc(-c3cc(C(C([2H])([2H])[2H])(C([2H])([2H])[2H])C([2H])([2H])[2H])cc(C(C([2H])([2H])[2H])(C([2H])([2H])[2H])C([2H])([2H])[2H])c3O)n4-c3ccc(C([2H])(C)C)cc3-c3ccccc3)cc(C(C)(C)C)c2)c1.[Pt]. The number of phenols is 1. The maximum absolute atomic E-state index is 13.1. The number of rotatable bonds is 7. The third kappa shape index (κ3) is 9.11. The summed E-state index contributed by atoms with van der Waals surface area (Å²) < 4.78 is 227. The molecule has 0 saturated heterocycles. The van der Waals surface area contributed by atoms with Crippen molar-refractivity contribution in [3.05, 3.63) is 167 Å². The van der Waals surface area contributed by atoms with Crippen LogP contribution in [-0.2, 0) is 37.3 Å². The zero-order valence-corrected chi connectivity index (χ0v) is 37.3. The molecule has 63 heavy (non-hydrogen) atoms. The first-order valence-corrected chi connectivity index (χ1v) is 19.7. The molecule has 8 aromatic rings. The van der Waals surface area contributed by atoms with Gasteiger partial charge in [-0.1, -0.05) is 177 Å². The molecule has 0 bridgehead atoms. The molecule has 4 nitrogen and oxygen atoms in total. The predicted octanol–water partition coefficient (Wildman–Crippen LogP) is 15.6. The molecule has 1 N–H and O–H groups in total. The van der Waals surface area contributed by atoms with Gasteiger partial charge in [0.05, 0.1) is 27.8 Å². The summed E-state index contributed by atoms with van der Waals surface area (Å²) in [7, 11) is 0. The van der Waals surface area contributed by atoms with Gasteiger partial charge in [0.15, 0.2) is 0 Å². The molecule has 2 aromatic heterocycles. The molecule has 0 amide bonds. The van der Waals surface area contributed by atoms with Crippen LogP contribution in [0.3, 0.4) is 0 Å². The average Bonchev–Trinajstić information content (AvgIpc) is 1.11. The number of hydrogen-bond donors (Lipinski definition) is 1. The zero-order valence-electron chi connectivity index (χ0n) is 61.0. The molecule has 6 aromatic carbocycles. The topological polar surface area (TPSA) is 50.9 Å². The summed E-state index contributed by atoms with van der Waals surface area (Å²) in [6, 6.07) is 26.2. The summed E-state index contributed by atoms with van der Waals surface area (Å²) in [4.78, 5) is 9.71. The molecule has 0 aliphatic carbocycles. The van der Waals surface area contributed by atoms with E-state index < -0.39 is 128 Å². The molecule has 324 valence electrons. The number of para-hydroxylation sites is 1. The van der Waals surface area contributed by atoms with Crippen molar-refractivity contribution in [3.63, 3.8) is 0 Å². The van der Waals surface area contributed by atoms with Crippen LogP contribution in [0.15, 0.2) is 133 Å². The number of hydrogen-bond acceptors (Lipinski definition) is 3. The maximum atomic E-state index is 13.1. The zero-order chi connectivity index (χ0) is 66.2. The summed E-state index contributed by atoms with van der Waals surface area (Å²) in [6.07, 6.45) is 1.35. The van der Waals surface area contributed by atoms with Gasteiger partial charge < -0.3 is 5.11 Å². The first-order valence-electron chi connectivity index (χ1n) is 32.7. The van der Waals surface area contributed by atoms with E-state index in [1.807, 2.05) is 20.8 Å². The van der Waals surface area contributed by atoms with Crippen molar-refractivity contribution in [1.29, 1.82) is 0 Å². The molecule has 2 heterocycles. The second-order valence-electron chi connectivity index (χ2n) is 16.6. The minimum atomic E-state index is -4.23. The van der Waals surface area contributed by atoms with Crippen LogP contribution in [0.2, 0.25) is 0 Å². The van der Waals surface area contributed by atoms with E-state index in [4.69, 9.17) is 40.6 Å². The molecule has 0 atom stereocenters. The van der Waals surface area contributed by atoms with Crippen LogP contribution >= 0.6 is 0 Å². The molecule has 5 heteroatoms. The molecule has 8 rings (SSSR count). The summed E-state index contributed by atoms with van der Waals surface area (Å²) in [6.45, 7) is -19.0. The van der Waals surface area contributed by atoms with Crippen molar-refractivity contribution in [2.75, 3.05) is 0 Å². The van der Waals surface area contributed by atoms with Gasteiger partial charge in [0.2, 0.25) is 0 Å². The number of imidazole rings is 1. The standard InChI is InChI=1S/C58H60N3O.Pt/c1-36(2)40-25-26-51(47(32-40)39-17-14-13-15-18-39)61-52-20-16-19-46(53(52)60-55(61)48-34-45(57(7,8)9)35-49(54(48)62)58(10,11)12)42-29-43(31-44(30-42)56(4,5)6)50-33-41(27-28-59-50)38-23-21-37(3)22-24-38;/h13-28,30-36,62H,1-12H3;/q-1;/i3D3,7D3,8D3,9D3,10D3,11D3,12D3,21D,22D,23D,24D,36D;. The predicted molar refractivity (Wildman–Crippen MR) is 261 cm³/mol. The smallest absolute Gasteiger partial charge is 0.148 e. The molecule has 0 unspecified atom stereocenters. The van der Waals surface area contributed by atoms with Gasteiger partial charge in [0, 0.05) is 74.2 Å². The van der Waals surface area contributed by atoms with Crippen LogP contribution in [0.4, 0.5) is 0 Å². The Labute approximate surface area is 426 Å². The van der Waals surface area contributed by atoms with E-state index in [2.05, 4.69) is 11.1 Å². The molecule has 0 fully saturated rings. The van der Waals surface area contributed by atoms with Gasteiger partial charge in [-0.2, -0.15) is 0 Å². The fourth-order valence-corrected chi connectivity index (χ4v) is 7.42. The van der Waals surface area contributed by atoms with Gasteiger partial charge in [-0.25, -0.2) is 4.98 Å². The van der Waals surface area contributed by atoms with Crippen molar-refractivity contribution < 1.29 is 61.8 Å². The van der Waals surface area contributed by atoms with E-state index >= 15 is 0 Å². The van der Waals surface area contributed by atoms with Gasteiger partial charge in [0.1, 0.15) is 11.6 Å². The normalized spacial score (nSPS) is 19.8. The van der Waals surface area contributed by atoms with Crippen molar-refractivity contribution in [2.45, 2.75) is 105 Å². The molecule has 0 spiro atoms. The molecular weight excluding hydrogens is 950 g/mol. The Balaban J connectivity index is 0.0000113. The number of benzene rings is 6. The Hall–Kier alpha value is -5.57. The van der Waals surface area contributed by atoms with Gasteiger partial charge >= 0.3 is 0 Å². The Morgan fingerprint density at radius 1 is 0.683 bits per heavy atom. The van der Waals surface area contributed by atoms with Gasteiger partial charge in [-0.05, 0) is 87.1 Å². The van der Waals surface area contributed by atoms with Gasteiger partial charge in [-0.3, -0.25) is 9.55 Å². The number of aromatic nitrogens is 3. The van der Waals surface area contributed by atoms with Crippen LogP contribution in [0, 0.1) is 12.9 Å². The van der Waals surface area contributed by atoms with Gasteiger partial charge in [-0.15, -0.1) is 29.3 Å². The van der Waals surface area contributed by atoms with Gasteiger partial charge in [0.25, 0.3) is 0 Å².